The molecule has 0 aliphatic rings. The summed E-state index contributed by atoms with van der Waals surface area (Å²) in [5.74, 6) is 0.161. The van der Waals surface area contributed by atoms with E-state index in [2.05, 4.69) is 9.97 Å². The SMILES string of the molecule is CC(C)S(=O)(=O)c1nccc(N)n1. The maximum Gasteiger partial charge on any atom is 0.249 e. The number of hydrogen-bond acceptors (Lipinski definition) is 5. The van der Waals surface area contributed by atoms with Crippen molar-refractivity contribution in [3.05, 3.63) is 12.3 Å². The molecule has 13 heavy (non-hydrogen) atoms. The molecule has 5 nitrogen and oxygen atoms in total. The van der Waals surface area contributed by atoms with Gasteiger partial charge in [0.25, 0.3) is 0 Å². The van der Waals surface area contributed by atoms with Gasteiger partial charge in [-0.15, -0.1) is 0 Å². The minimum atomic E-state index is -3.40. The van der Waals surface area contributed by atoms with Crippen LogP contribution in [0.4, 0.5) is 5.82 Å². The molecule has 1 aromatic rings. The number of sulfone groups is 1. The standard InChI is InChI=1S/C7H11N3O2S/c1-5(2)13(11,12)7-9-4-3-6(8)10-7/h3-5H,1-2H3,(H2,8,9,10). The Morgan fingerprint density at radius 3 is 2.54 bits per heavy atom. The molecule has 0 aliphatic carbocycles. The van der Waals surface area contributed by atoms with E-state index in [-0.39, 0.29) is 11.0 Å². The molecule has 72 valence electrons. The molecule has 0 aromatic carbocycles. The highest BCUT2D eigenvalue weighted by molar-refractivity contribution is 7.91. The summed E-state index contributed by atoms with van der Waals surface area (Å²) >= 11 is 0. The van der Waals surface area contributed by atoms with Gasteiger partial charge in [-0.25, -0.2) is 18.4 Å². The number of nitrogens with zero attached hydrogens (tertiary/aromatic N) is 2. The first-order valence-corrected chi connectivity index (χ1v) is 5.31. The summed E-state index contributed by atoms with van der Waals surface area (Å²) in [5.41, 5.74) is 5.34. The summed E-state index contributed by atoms with van der Waals surface area (Å²) in [6.07, 6.45) is 1.33. The summed E-state index contributed by atoms with van der Waals surface area (Å²) in [7, 11) is -3.40. The lowest BCUT2D eigenvalue weighted by molar-refractivity contribution is 0.578. The molecule has 0 unspecified atom stereocenters. The number of anilines is 1. The maximum atomic E-state index is 11.5. The largest absolute Gasteiger partial charge is 0.384 e. The Balaban J connectivity index is 3.24. The second kappa shape index (κ2) is 3.29. The van der Waals surface area contributed by atoms with Crippen molar-refractivity contribution < 1.29 is 8.42 Å². The molecule has 0 bridgehead atoms. The van der Waals surface area contributed by atoms with E-state index in [9.17, 15) is 8.42 Å². The molecule has 1 aromatic heterocycles. The third-order valence-corrected chi connectivity index (χ3v) is 3.48. The lowest BCUT2D eigenvalue weighted by Crippen LogP contribution is -2.17. The zero-order valence-corrected chi connectivity index (χ0v) is 8.25. The van der Waals surface area contributed by atoms with Gasteiger partial charge in [0.1, 0.15) is 5.82 Å². The monoisotopic (exact) mass is 201 g/mol. The molecule has 6 heteroatoms. The Bertz CT molecular complexity index is 400. The van der Waals surface area contributed by atoms with Crippen LogP contribution in [0.2, 0.25) is 0 Å². The lowest BCUT2D eigenvalue weighted by atomic mass is 10.6. The molecule has 2 N–H and O–H groups in total. The van der Waals surface area contributed by atoms with Crippen molar-refractivity contribution in [2.45, 2.75) is 24.3 Å². The van der Waals surface area contributed by atoms with Crippen LogP contribution in [0.25, 0.3) is 0 Å². The van der Waals surface area contributed by atoms with Crippen LogP contribution in [0.3, 0.4) is 0 Å². The second-order valence-electron chi connectivity index (χ2n) is 2.86. The molecule has 0 fully saturated rings. The van der Waals surface area contributed by atoms with E-state index in [1.54, 1.807) is 13.8 Å². The highest BCUT2D eigenvalue weighted by Crippen LogP contribution is 2.10. The highest BCUT2D eigenvalue weighted by atomic mass is 32.2. The van der Waals surface area contributed by atoms with E-state index >= 15 is 0 Å². The Morgan fingerprint density at radius 1 is 1.46 bits per heavy atom. The number of aromatic nitrogens is 2. The summed E-state index contributed by atoms with van der Waals surface area (Å²) in [5, 5.41) is -0.739. The van der Waals surface area contributed by atoms with Crippen LogP contribution in [0.15, 0.2) is 17.4 Å². The molecule has 0 radical (unpaired) electrons. The van der Waals surface area contributed by atoms with Crippen LogP contribution in [0.5, 0.6) is 0 Å². The van der Waals surface area contributed by atoms with Crippen LogP contribution in [-0.4, -0.2) is 23.6 Å². The third kappa shape index (κ3) is 1.95. The van der Waals surface area contributed by atoms with Gasteiger partial charge in [-0.2, -0.15) is 0 Å². The number of nitrogen functional groups attached to an aromatic ring is 1. The van der Waals surface area contributed by atoms with Gasteiger partial charge in [0, 0.05) is 6.20 Å². The third-order valence-electron chi connectivity index (χ3n) is 1.53. The average molecular weight is 201 g/mol. The fourth-order valence-corrected chi connectivity index (χ4v) is 1.56. The van der Waals surface area contributed by atoms with Gasteiger partial charge in [0.05, 0.1) is 5.25 Å². The van der Waals surface area contributed by atoms with Crippen molar-refractivity contribution in [2.75, 3.05) is 5.73 Å². The normalized spacial score (nSPS) is 11.9. The van der Waals surface area contributed by atoms with Crippen molar-refractivity contribution in [1.29, 1.82) is 0 Å². The van der Waals surface area contributed by atoms with Gasteiger partial charge in [-0.05, 0) is 19.9 Å². The molecule has 0 saturated heterocycles. The molecular formula is C7H11N3O2S. The minimum absolute atomic E-state index is 0.161. The van der Waals surface area contributed by atoms with Crippen LogP contribution in [0, 0.1) is 0 Å². The molecule has 1 heterocycles. The fraction of sp³-hybridized carbons (Fsp3) is 0.429. The first-order valence-electron chi connectivity index (χ1n) is 3.77. The number of nitrogens with two attached hydrogens (primary N) is 1. The highest BCUT2D eigenvalue weighted by Gasteiger charge is 2.22. The van der Waals surface area contributed by atoms with Gasteiger partial charge < -0.3 is 5.73 Å². The Labute approximate surface area is 76.9 Å². The molecular weight excluding hydrogens is 190 g/mol. The van der Waals surface area contributed by atoms with Crippen LogP contribution in [-0.2, 0) is 9.84 Å². The quantitative estimate of drug-likeness (QED) is 0.693. The predicted octanol–water partition coefficient (Wildman–Crippen LogP) is 0.241. The second-order valence-corrected chi connectivity index (χ2v) is 5.26. The Morgan fingerprint density at radius 2 is 2.08 bits per heavy atom. The molecule has 1 rings (SSSR count). The molecule has 0 aliphatic heterocycles. The zero-order chi connectivity index (χ0) is 10.1. The van der Waals surface area contributed by atoms with Gasteiger partial charge in [-0.1, -0.05) is 0 Å². The van der Waals surface area contributed by atoms with Gasteiger partial charge in [0.2, 0.25) is 15.0 Å². The topological polar surface area (TPSA) is 85.9 Å². The Kier molecular flexibility index (Phi) is 2.51. The van der Waals surface area contributed by atoms with Gasteiger partial charge in [0.15, 0.2) is 0 Å². The number of hydrogen-bond donors (Lipinski definition) is 1. The summed E-state index contributed by atoms with van der Waals surface area (Å²) in [6.45, 7) is 3.14. The van der Waals surface area contributed by atoms with Crippen LogP contribution >= 0.6 is 0 Å². The Hall–Kier alpha value is -1.17. The smallest absolute Gasteiger partial charge is 0.249 e. The first kappa shape index (κ1) is 9.91. The fourth-order valence-electron chi connectivity index (χ4n) is 0.702. The molecule has 0 saturated carbocycles. The zero-order valence-electron chi connectivity index (χ0n) is 7.43. The van der Waals surface area contributed by atoms with E-state index in [0.717, 1.165) is 0 Å². The summed E-state index contributed by atoms with van der Waals surface area (Å²) in [4.78, 5) is 7.30. The van der Waals surface area contributed by atoms with Crippen molar-refractivity contribution in [1.82, 2.24) is 9.97 Å². The summed E-state index contributed by atoms with van der Waals surface area (Å²) < 4.78 is 23.0. The minimum Gasteiger partial charge on any atom is -0.384 e. The van der Waals surface area contributed by atoms with Crippen LogP contribution < -0.4 is 5.73 Å². The maximum absolute atomic E-state index is 11.5. The van der Waals surface area contributed by atoms with Crippen molar-refractivity contribution in [3.63, 3.8) is 0 Å². The van der Waals surface area contributed by atoms with Crippen LogP contribution in [0.1, 0.15) is 13.8 Å². The van der Waals surface area contributed by atoms with Crippen molar-refractivity contribution in [3.8, 4) is 0 Å². The van der Waals surface area contributed by atoms with Gasteiger partial charge >= 0.3 is 0 Å². The number of rotatable bonds is 2. The van der Waals surface area contributed by atoms with E-state index < -0.39 is 15.1 Å². The van der Waals surface area contributed by atoms with E-state index in [0.29, 0.717) is 0 Å². The van der Waals surface area contributed by atoms with E-state index in [1.807, 2.05) is 0 Å². The molecule has 0 spiro atoms. The predicted molar refractivity (Wildman–Crippen MR) is 48.8 cm³/mol. The van der Waals surface area contributed by atoms with E-state index in [1.165, 1.54) is 12.3 Å². The van der Waals surface area contributed by atoms with Crippen molar-refractivity contribution in [2.24, 2.45) is 0 Å². The summed E-state index contributed by atoms with van der Waals surface area (Å²) in [6, 6.07) is 1.44. The van der Waals surface area contributed by atoms with Gasteiger partial charge in [-0.3, -0.25) is 0 Å². The van der Waals surface area contributed by atoms with Crippen molar-refractivity contribution >= 4 is 15.7 Å². The first-order chi connectivity index (χ1) is 5.94. The molecule has 0 atom stereocenters. The van der Waals surface area contributed by atoms with E-state index in [4.69, 9.17) is 5.73 Å². The molecule has 0 amide bonds. The average Bonchev–Trinajstić information content (AvgIpc) is 2.04. The lowest BCUT2D eigenvalue weighted by Gasteiger charge is -2.05.